The average Bonchev–Trinajstić information content (AvgIpc) is 2.72. The lowest BCUT2D eigenvalue weighted by molar-refractivity contribution is 0.0522. The smallest absolute Gasteiger partial charge is 0.231 e. The van der Waals surface area contributed by atoms with Gasteiger partial charge in [-0.2, -0.15) is 5.26 Å². The first kappa shape index (κ1) is 11.2. The lowest BCUT2D eigenvalue weighted by Crippen LogP contribution is -2.16. The van der Waals surface area contributed by atoms with E-state index in [2.05, 4.69) is 15.9 Å². The third-order valence-corrected chi connectivity index (χ3v) is 2.93. The summed E-state index contributed by atoms with van der Waals surface area (Å²) in [5.74, 6) is 1.05. The lowest BCUT2D eigenvalue weighted by atomic mass is 10.0. The fraction of sp³-hybridized carbons (Fsp3) is 0.300. The molecule has 2 N–H and O–H groups in total. The molecule has 0 saturated heterocycles. The first-order valence-corrected chi connectivity index (χ1v) is 5.27. The van der Waals surface area contributed by atoms with Crippen molar-refractivity contribution in [1.82, 2.24) is 0 Å². The molecule has 0 aliphatic carbocycles. The second-order valence-corrected chi connectivity index (χ2v) is 4.10. The van der Waals surface area contributed by atoms with Crippen LogP contribution in [-0.2, 0) is 0 Å². The molecule has 2 unspecified atom stereocenters. The normalized spacial score (nSPS) is 16.6. The summed E-state index contributed by atoms with van der Waals surface area (Å²) in [6, 6.07) is 4.74. The van der Waals surface area contributed by atoms with Gasteiger partial charge in [-0.25, -0.2) is 0 Å². The third kappa shape index (κ3) is 1.85. The van der Waals surface area contributed by atoms with Gasteiger partial charge in [0.1, 0.15) is 6.10 Å². The molecule has 1 aliphatic rings. The summed E-state index contributed by atoms with van der Waals surface area (Å²) < 4.78 is 10.8. The zero-order valence-corrected chi connectivity index (χ0v) is 9.64. The summed E-state index contributed by atoms with van der Waals surface area (Å²) in [4.78, 5) is 0. The average molecular weight is 286 g/mol. The Balaban J connectivity index is 2.39. The molecule has 0 spiro atoms. The van der Waals surface area contributed by atoms with Gasteiger partial charge in [-0.1, -0.05) is 15.9 Å². The van der Waals surface area contributed by atoms with Crippen LogP contribution in [0.4, 0.5) is 0 Å². The largest absolute Gasteiger partial charge is 0.454 e. The Morgan fingerprint density at radius 3 is 2.56 bits per heavy atom. The molecule has 2 atom stereocenters. The number of hydrogen-bond donors (Lipinski definition) is 2. The highest BCUT2D eigenvalue weighted by molar-refractivity contribution is 9.10. The molecule has 2 rings (SSSR count). The van der Waals surface area contributed by atoms with E-state index in [1.165, 1.54) is 6.07 Å². The van der Waals surface area contributed by atoms with E-state index in [9.17, 15) is 10.2 Å². The number of aliphatic hydroxyl groups is 2. The fourth-order valence-electron chi connectivity index (χ4n) is 1.40. The van der Waals surface area contributed by atoms with Crippen molar-refractivity contribution in [1.29, 1.82) is 5.26 Å². The maximum atomic E-state index is 9.70. The summed E-state index contributed by atoms with van der Waals surface area (Å²) in [5.41, 5.74) is 0.387. The van der Waals surface area contributed by atoms with E-state index in [4.69, 9.17) is 14.7 Å². The van der Waals surface area contributed by atoms with Crippen molar-refractivity contribution in [2.45, 2.75) is 12.2 Å². The molecular formula is C10H8BrNO4. The van der Waals surface area contributed by atoms with Gasteiger partial charge in [-0.3, -0.25) is 0 Å². The van der Waals surface area contributed by atoms with Crippen LogP contribution in [0.15, 0.2) is 16.6 Å². The molecule has 16 heavy (non-hydrogen) atoms. The summed E-state index contributed by atoms with van der Waals surface area (Å²) in [5, 5.41) is 27.5. The Bertz CT molecular complexity index is 457. The van der Waals surface area contributed by atoms with E-state index < -0.39 is 12.2 Å². The number of halogens is 1. The van der Waals surface area contributed by atoms with Crippen LogP contribution in [0, 0.1) is 11.3 Å². The Labute approximate surface area is 100.0 Å². The minimum atomic E-state index is -1.48. The van der Waals surface area contributed by atoms with Crippen molar-refractivity contribution >= 4 is 15.9 Å². The van der Waals surface area contributed by atoms with Crippen LogP contribution in [0.25, 0.3) is 0 Å². The van der Waals surface area contributed by atoms with Crippen molar-refractivity contribution in [2.75, 3.05) is 6.79 Å². The maximum Gasteiger partial charge on any atom is 0.231 e. The first-order chi connectivity index (χ1) is 7.63. The van der Waals surface area contributed by atoms with E-state index in [1.54, 1.807) is 12.1 Å². The molecule has 5 nitrogen and oxygen atoms in total. The van der Waals surface area contributed by atoms with E-state index >= 15 is 0 Å². The zero-order chi connectivity index (χ0) is 11.7. The van der Waals surface area contributed by atoms with Gasteiger partial charge in [0.2, 0.25) is 6.79 Å². The first-order valence-electron chi connectivity index (χ1n) is 4.48. The van der Waals surface area contributed by atoms with Crippen LogP contribution in [0.2, 0.25) is 0 Å². The van der Waals surface area contributed by atoms with Gasteiger partial charge in [0, 0.05) is 10.0 Å². The van der Waals surface area contributed by atoms with Gasteiger partial charge in [0.15, 0.2) is 17.6 Å². The van der Waals surface area contributed by atoms with E-state index in [0.29, 0.717) is 21.5 Å². The number of fused-ring (bicyclic) bond motifs is 1. The van der Waals surface area contributed by atoms with E-state index in [-0.39, 0.29) is 6.79 Å². The van der Waals surface area contributed by atoms with Crippen LogP contribution < -0.4 is 9.47 Å². The number of rotatable bonds is 2. The molecule has 1 aromatic rings. The van der Waals surface area contributed by atoms with Gasteiger partial charge in [0.05, 0.1) is 6.07 Å². The van der Waals surface area contributed by atoms with Gasteiger partial charge in [0.25, 0.3) is 0 Å². The molecule has 0 bridgehead atoms. The molecule has 0 amide bonds. The van der Waals surface area contributed by atoms with Crippen LogP contribution >= 0.6 is 15.9 Å². The van der Waals surface area contributed by atoms with E-state index in [0.717, 1.165) is 0 Å². The second-order valence-electron chi connectivity index (χ2n) is 3.25. The highest BCUT2D eigenvalue weighted by atomic mass is 79.9. The molecule has 0 saturated carbocycles. The van der Waals surface area contributed by atoms with Crippen molar-refractivity contribution in [3.63, 3.8) is 0 Å². The Morgan fingerprint density at radius 2 is 1.94 bits per heavy atom. The van der Waals surface area contributed by atoms with Gasteiger partial charge < -0.3 is 19.7 Å². The minimum Gasteiger partial charge on any atom is -0.454 e. The van der Waals surface area contributed by atoms with Gasteiger partial charge in [-0.05, 0) is 12.1 Å². The van der Waals surface area contributed by atoms with Crippen LogP contribution in [0.1, 0.15) is 11.7 Å². The number of aliphatic hydroxyl groups excluding tert-OH is 2. The van der Waals surface area contributed by atoms with Crippen LogP contribution in [0.5, 0.6) is 11.5 Å². The van der Waals surface area contributed by atoms with Crippen molar-refractivity contribution in [2.24, 2.45) is 0 Å². The van der Waals surface area contributed by atoms with Crippen molar-refractivity contribution < 1.29 is 19.7 Å². The van der Waals surface area contributed by atoms with Crippen LogP contribution in [-0.4, -0.2) is 23.1 Å². The molecule has 6 heteroatoms. The zero-order valence-electron chi connectivity index (χ0n) is 8.05. The molecule has 84 valence electrons. The molecular weight excluding hydrogens is 278 g/mol. The quantitative estimate of drug-likeness (QED) is 0.795. The summed E-state index contributed by atoms with van der Waals surface area (Å²) >= 11 is 3.23. The minimum absolute atomic E-state index is 0.127. The lowest BCUT2D eigenvalue weighted by Gasteiger charge is -2.14. The Morgan fingerprint density at radius 1 is 1.31 bits per heavy atom. The highest BCUT2D eigenvalue weighted by Gasteiger charge is 2.24. The molecule has 0 fully saturated rings. The highest BCUT2D eigenvalue weighted by Crippen LogP contribution is 2.39. The molecule has 0 radical (unpaired) electrons. The predicted octanol–water partition coefficient (Wildman–Crippen LogP) is 1.10. The molecule has 1 heterocycles. The van der Waals surface area contributed by atoms with Crippen molar-refractivity contribution in [3.8, 4) is 17.6 Å². The Kier molecular flexibility index (Phi) is 3.01. The molecule has 1 aromatic carbocycles. The number of nitrogens with zero attached hydrogens (tertiary/aromatic N) is 1. The topological polar surface area (TPSA) is 82.7 Å². The summed E-state index contributed by atoms with van der Waals surface area (Å²) in [6.07, 6.45) is -2.76. The van der Waals surface area contributed by atoms with Gasteiger partial charge in [-0.15, -0.1) is 0 Å². The predicted molar refractivity (Wildman–Crippen MR) is 56.8 cm³/mol. The number of hydrogen-bond acceptors (Lipinski definition) is 5. The summed E-state index contributed by atoms with van der Waals surface area (Å²) in [7, 11) is 0. The number of nitriles is 1. The number of ether oxygens (including phenoxy) is 2. The maximum absolute atomic E-state index is 9.70. The van der Waals surface area contributed by atoms with E-state index in [1.807, 2.05) is 0 Å². The fourth-order valence-corrected chi connectivity index (χ4v) is 1.96. The van der Waals surface area contributed by atoms with Gasteiger partial charge >= 0.3 is 0 Å². The monoisotopic (exact) mass is 285 g/mol. The second kappa shape index (κ2) is 4.29. The van der Waals surface area contributed by atoms with Crippen LogP contribution in [0.3, 0.4) is 0 Å². The SMILES string of the molecule is N#CC(O)C(O)c1cc2c(cc1Br)OCO2. The summed E-state index contributed by atoms with van der Waals surface area (Å²) in [6.45, 7) is 0.127. The molecule has 0 aromatic heterocycles. The Hall–Kier alpha value is -1.29. The standard InChI is InChI=1S/C10H8BrNO4/c11-6-2-9-8(15-4-16-9)1-5(6)10(14)7(13)3-12/h1-2,7,10,13-14H,4H2. The van der Waals surface area contributed by atoms with Crippen molar-refractivity contribution in [3.05, 3.63) is 22.2 Å². The number of benzene rings is 1. The molecule has 1 aliphatic heterocycles. The third-order valence-electron chi connectivity index (χ3n) is 2.24.